The molecule has 0 fully saturated rings. The molecule has 0 saturated carbocycles. The molecule has 3 aromatic rings. The van der Waals surface area contributed by atoms with Gasteiger partial charge in [-0.2, -0.15) is 0 Å². The molecule has 0 bridgehead atoms. The van der Waals surface area contributed by atoms with E-state index in [-0.39, 0.29) is 0 Å². The Balaban J connectivity index is 1.99. The molecular formula is C23H27NO2Si. The van der Waals surface area contributed by atoms with E-state index in [1.807, 2.05) is 26.0 Å². The molecule has 3 nitrogen and oxygen atoms in total. The molecule has 0 saturated heterocycles. The summed E-state index contributed by atoms with van der Waals surface area (Å²) in [6.07, 6.45) is 0. The Morgan fingerprint density at radius 2 is 1.04 bits per heavy atom. The largest absolute Gasteiger partial charge is 0.391 e. The molecule has 0 aliphatic rings. The van der Waals surface area contributed by atoms with Crippen LogP contribution in [0.25, 0.3) is 0 Å². The van der Waals surface area contributed by atoms with Crippen molar-refractivity contribution in [1.29, 1.82) is 0 Å². The molecule has 0 radical (unpaired) electrons. The van der Waals surface area contributed by atoms with E-state index in [9.17, 15) is 0 Å². The van der Waals surface area contributed by atoms with Gasteiger partial charge in [-0.25, -0.2) is 0 Å². The molecule has 0 heterocycles. The van der Waals surface area contributed by atoms with Crippen LogP contribution in [0.2, 0.25) is 6.55 Å². The highest BCUT2D eigenvalue weighted by Gasteiger charge is 2.33. The van der Waals surface area contributed by atoms with E-state index >= 15 is 0 Å². The summed E-state index contributed by atoms with van der Waals surface area (Å²) in [5.41, 5.74) is 3.37. The number of para-hydroxylation sites is 2. The molecule has 3 rings (SSSR count). The molecule has 140 valence electrons. The third-order valence-corrected chi connectivity index (χ3v) is 7.58. The number of hydrogen-bond donors (Lipinski definition) is 0. The van der Waals surface area contributed by atoms with Crippen LogP contribution in [0, 0.1) is 0 Å². The molecule has 0 aliphatic heterocycles. The topological polar surface area (TPSA) is 21.7 Å². The lowest BCUT2D eigenvalue weighted by Crippen LogP contribution is -2.51. The molecule has 3 aromatic carbocycles. The molecule has 0 spiro atoms. The smallest absolute Gasteiger partial charge is 0.369 e. The molecular weight excluding hydrogens is 350 g/mol. The summed E-state index contributed by atoms with van der Waals surface area (Å²) in [6, 6.07) is 29.4. The summed E-state index contributed by atoms with van der Waals surface area (Å²) >= 11 is 0. The molecule has 4 heteroatoms. The maximum Gasteiger partial charge on any atom is 0.369 e. The number of anilines is 3. The summed E-state index contributed by atoms with van der Waals surface area (Å²) in [6.45, 7) is 7.47. The van der Waals surface area contributed by atoms with Crippen LogP contribution in [0.3, 0.4) is 0 Å². The molecule has 0 unspecified atom stereocenters. The fraction of sp³-hybridized carbons (Fsp3) is 0.217. The van der Waals surface area contributed by atoms with Crippen molar-refractivity contribution in [2.24, 2.45) is 0 Å². The van der Waals surface area contributed by atoms with Gasteiger partial charge in [0, 0.05) is 30.3 Å². The highest BCUT2D eigenvalue weighted by atomic mass is 28.4. The van der Waals surface area contributed by atoms with Gasteiger partial charge in [0.05, 0.1) is 0 Å². The Hall–Kier alpha value is -2.40. The molecule has 0 aliphatic carbocycles. The van der Waals surface area contributed by atoms with Gasteiger partial charge >= 0.3 is 8.56 Å². The van der Waals surface area contributed by atoms with E-state index in [0.717, 1.165) is 22.2 Å². The van der Waals surface area contributed by atoms with E-state index < -0.39 is 8.56 Å². The van der Waals surface area contributed by atoms with Crippen LogP contribution in [0.1, 0.15) is 13.8 Å². The number of nitrogens with zero attached hydrogens (tertiary/aromatic N) is 1. The van der Waals surface area contributed by atoms with Gasteiger partial charge in [-0.15, -0.1) is 0 Å². The zero-order chi connectivity index (χ0) is 19.1. The number of hydrogen-bond acceptors (Lipinski definition) is 3. The minimum absolute atomic E-state index is 0.657. The SMILES string of the molecule is CCO[Si](C)(OCC)c1ccc(N(c2ccccc2)c2ccccc2)cc1. The van der Waals surface area contributed by atoms with Gasteiger partial charge in [-0.1, -0.05) is 48.5 Å². The molecule has 0 aromatic heterocycles. The standard InChI is InChI=1S/C23H27NO2Si/c1-4-25-27(3,26-5-2)23-18-16-22(17-19-23)24(20-12-8-6-9-13-20)21-14-10-7-11-15-21/h6-19H,4-5H2,1-3H3. The summed E-state index contributed by atoms with van der Waals surface area (Å²) in [5.74, 6) is 0. The van der Waals surface area contributed by atoms with Crippen molar-refractivity contribution in [1.82, 2.24) is 0 Å². The fourth-order valence-electron chi connectivity index (χ4n) is 3.27. The van der Waals surface area contributed by atoms with Gasteiger partial charge in [0.25, 0.3) is 0 Å². The summed E-state index contributed by atoms with van der Waals surface area (Å²) in [4.78, 5) is 2.25. The minimum Gasteiger partial charge on any atom is -0.391 e. The Kier molecular flexibility index (Phi) is 6.45. The zero-order valence-electron chi connectivity index (χ0n) is 16.3. The van der Waals surface area contributed by atoms with E-state index in [4.69, 9.17) is 8.85 Å². The number of benzene rings is 3. The van der Waals surface area contributed by atoms with Gasteiger partial charge in [0.15, 0.2) is 0 Å². The summed E-state index contributed by atoms with van der Waals surface area (Å²) in [5, 5.41) is 1.15. The van der Waals surface area contributed by atoms with Crippen LogP contribution < -0.4 is 10.1 Å². The highest BCUT2D eigenvalue weighted by Crippen LogP contribution is 2.33. The normalized spacial score (nSPS) is 11.4. The average Bonchev–Trinajstić information content (AvgIpc) is 2.71. The lowest BCUT2D eigenvalue weighted by Gasteiger charge is -2.28. The van der Waals surface area contributed by atoms with Crippen molar-refractivity contribution in [3.63, 3.8) is 0 Å². The van der Waals surface area contributed by atoms with Crippen molar-refractivity contribution in [2.45, 2.75) is 20.4 Å². The van der Waals surface area contributed by atoms with Crippen LogP contribution in [0.4, 0.5) is 17.1 Å². The molecule has 0 amide bonds. The van der Waals surface area contributed by atoms with Gasteiger partial charge in [0.2, 0.25) is 0 Å². The Bertz CT molecular complexity index is 777. The van der Waals surface area contributed by atoms with Crippen LogP contribution in [-0.2, 0) is 8.85 Å². The van der Waals surface area contributed by atoms with E-state index in [1.54, 1.807) is 0 Å². The lowest BCUT2D eigenvalue weighted by atomic mass is 10.2. The lowest BCUT2D eigenvalue weighted by molar-refractivity contribution is 0.202. The third kappa shape index (κ3) is 4.47. The van der Waals surface area contributed by atoms with Crippen LogP contribution in [0.15, 0.2) is 84.9 Å². The van der Waals surface area contributed by atoms with Crippen molar-refractivity contribution in [3.05, 3.63) is 84.9 Å². The first-order valence-corrected chi connectivity index (χ1v) is 11.8. The highest BCUT2D eigenvalue weighted by molar-refractivity contribution is 6.79. The van der Waals surface area contributed by atoms with Gasteiger partial charge in [0.1, 0.15) is 0 Å². The first kappa shape index (κ1) is 19.4. The second-order valence-corrected chi connectivity index (χ2v) is 9.41. The Labute approximate surface area is 163 Å². The average molecular weight is 378 g/mol. The van der Waals surface area contributed by atoms with Gasteiger partial charge < -0.3 is 13.8 Å². The van der Waals surface area contributed by atoms with Gasteiger partial charge in [-0.3, -0.25) is 0 Å². The Morgan fingerprint density at radius 3 is 1.44 bits per heavy atom. The molecule has 0 atom stereocenters. The zero-order valence-corrected chi connectivity index (χ0v) is 17.3. The maximum absolute atomic E-state index is 6.03. The first-order chi connectivity index (χ1) is 13.2. The van der Waals surface area contributed by atoms with Crippen LogP contribution in [-0.4, -0.2) is 21.8 Å². The van der Waals surface area contributed by atoms with Crippen LogP contribution in [0.5, 0.6) is 0 Å². The van der Waals surface area contributed by atoms with Crippen molar-refractivity contribution in [3.8, 4) is 0 Å². The van der Waals surface area contributed by atoms with Crippen LogP contribution >= 0.6 is 0 Å². The van der Waals surface area contributed by atoms with E-state index in [2.05, 4.69) is 84.2 Å². The minimum atomic E-state index is -2.36. The van der Waals surface area contributed by atoms with E-state index in [0.29, 0.717) is 13.2 Å². The predicted molar refractivity (Wildman–Crippen MR) is 116 cm³/mol. The quantitative estimate of drug-likeness (QED) is 0.483. The maximum atomic E-state index is 6.03. The molecule has 0 N–H and O–H groups in total. The fourth-order valence-corrected chi connectivity index (χ4v) is 5.56. The summed E-state index contributed by atoms with van der Waals surface area (Å²) < 4.78 is 12.1. The number of rotatable bonds is 8. The second-order valence-electron chi connectivity index (χ2n) is 6.37. The summed E-state index contributed by atoms with van der Waals surface area (Å²) in [7, 11) is -2.36. The molecule has 27 heavy (non-hydrogen) atoms. The van der Waals surface area contributed by atoms with Crippen molar-refractivity contribution >= 4 is 30.8 Å². The van der Waals surface area contributed by atoms with Crippen molar-refractivity contribution < 1.29 is 8.85 Å². The monoisotopic (exact) mass is 377 g/mol. The van der Waals surface area contributed by atoms with Crippen molar-refractivity contribution in [2.75, 3.05) is 18.1 Å². The second kappa shape index (κ2) is 9.00. The third-order valence-electron chi connectivity index (χ3n) is 4.52. The van der Waals surface area contributed by atoms with E-state index in [1.165, 1.54) is 0 Å². The Morgan fingerprint density at radius 1 is 0.630 bits per heavy atom. The van der Waals surface area contributed by atoms with Gasteiger partial charge in [-0.05, 0) is 62.0 Å². The predicted octanol–water partition coefficient (Wildman–Crippen LogP) is 5.51. The first-order valence-electron chi connectivity index (χ1n) is 9.46.